The Kier molecular flexibility index (Phi) is 8.11. The predicted octanol–water partition coefficient (Wildman–Crippen LogP) is -0.527. The zero-order valence-corrected chi connectivity index (χ0v) is 11.0. The Morgan fingerprint density at radius 3 is 2.67 bits per heavy atom. The summed E-state index contributed by atoms with van der Waals surface area (Å²) in [7, 11) is -4.67. The van der Waals surface area contributed by atoms with Gasteiger partial charge in [-0.2, -0.15) is 25.3 Å². The molecule has 0 amide bonds. The average Bonchev–Trinajstić information content (AvgIpc) is 2.66. The number of H-pyrrole nitrogens is 1. The van der Waals surface area contributed by atoms with Gasteiger partial charge < -0.3 is 11.1 Å². The minimum atomic E-state index is -4.67. The Hall–Kier alpha value is -1.30. The second kappa shape index (κ2) is 8.74. The molecule has 0 atom stereocenters. The molecule has 0 aliphatic rings. The zero-order chi connectivity index (χ0) is 14.0. The average molecular weight is 297 g/mol. The monoisotopic (exact) mass is 297 g/mol. The third-order valence-electron chi connectivity index (χ3n) is 1.37. The first-order chi connectivity index (χ1) is 8.29. The molecule has 0 bridgehead atoms. The number of aromatic nitrogens is 2. The van der Waals surface area contributed by atoms with Crippen LogP contribution in [-0.4, -0.2) is 46.0 Å². The van der Waals surface area contributed by atoms with E-state index in [9.17, 15) is 0 Å². The summed E-state index contributed by atoms with van der Waals surface area (Å²) in [4.78, 5) is 0. The van der Waals surface area contributed by atoms with Crippen LogP contribution in [0.4, 0.5) is 0 Å². The number of rotatable bonds is 5. The molecular formula is C7H15N5O4S2. The van der Waals surface area contributed by atoms with Gasteiger partial charge in [-0.25, -0.2) is 0 Å². The van der Waals surface area contributed by atoms with Gasteiger partial charge in [0.05, 0.1) is 5.69 Å². The Labute approximate surface area is 109 Å². The fraction of sp³-hybridized carbons (Fsp3) is 0.429. The normalized spacial score (nSPS) is 10.3. The lowest BCUT2D eigenvalue weighted by Crippen LogP contribution is -2.31. The first kappa shape index (κ1) is 16.7. The van der Waals surface area contributed by atoms with E-state index in [4.69, 9.17) is 28.7 Å². The minimum absolute atomic E-state index is 0.0281. The third-order valence-corrected chi connectivity index (χ3v) is 2.36. The largest absolute Gasteiger partial charge is 0.394 e. The second-order valence-corrected chi connectivity index (χ2v) is 4.91. The fourth-order valence-corrected chi connectivity index (χ4v) is 1.57. The van der Waals surface area contributed by atoms with Gasteiger partial charge in [0.15, 0.2) is 5.96 Å². The highest BCUT2D eigenvalue weighted by atomic mass is 32.3. The Balaban J connectivity index is 0.000000494. The number of aromatic amines is 1. The van der Waals surface area contributed by atoms with Crippen molar-refractivity contribution in [3.05, 3.63) is 18.0 Å². The quantitative estimate of drug-likeness (QED) is 0.183. The highest BCUT2D eigenvalue weighted by molar-refractivity contribution is 7.98. The molecule has 1 aromatic rings. The van der Waals surface area contributed by atoms with Crippen LogP contribution in [0.15, 0.2) is 12.3 Å². The molecule has 9 nitrogen and oxygen atoms in total. The maximum atomic E-state index is 8.74. The van der Waals surface area contributed by atoms with Crippen molar-refractivity contribution in [3.63, 3.8) is 0 Å². The van der Waals surface area contributed by atoms with Gasteiger partial charge in [-0.3, -0.25) is 19.6 Å². The van der Waals surface area contributed by atoms with Gasteiger partial charge in [0.1, 0.15) is 0 Å². The predicted molar refractivity (Wildman–Crippen MR) is 68.8 cm³/mol. The lowest BCUT2D eigenvalue weighted by Gasteiger charge is -2.01. The molecule has 0 saturated carbocycles. The SMILES string of the molecule is N=C(N)NCCSCc1cc[nH]n1.O=S(=O)(O)O. The van der Waals surface area contributed by atoms with Gasteiger partial charge in [0, 0.05) is 24.2 Å². The molecule has 0 spiro atoms. The molecule has 0 aliphatic heterocycles. The van der Waals surface area contributed by atoms with Gasteiger partial charge in [-0.15, -0.1) is 0 Å². The van der Waals surface area contributed by atoms with Crippen molar-refractivity contribution in [3.8, 4) is 0 Å². The molecule has 104 valence electrons. The van der Waals surface area contributed by atoms with Crippen molar-refractivity contribution < 1.29 is 17.5 Å². The van der Waals surface area contributed by atoms with Crippen LogP contribution in [0.3, 0.4) is 0 Å². The summed E-state index contributed by atoms with van der Waals surface area (Å²) < 4.78 is 31.6. The molecule has 11 heteroatoms. The fourth-order valence-electron chi connectivity index (χ4n) is 0.806. The summed E-state index contributed by atoms with van der Waals surface area (Å²) in [5.41, 5.74) is 6.16. The van der Waals surface area contributed by atoms with Gasteiger partial charge in [0.2, 0.25) is 0 Å². The highest BCUT2D eigenvalue weighted by Gasteiger charge is 1.94. The summed E-state index contributed by atoms with van der Waals surface area (Å²) in [6.07, 6.45) is 1.81. The van der Waals surface area contributed by atoms with Crippen LogP contribution in [0.2, 0.25) is 0 Å². The van der Waals surface area contributed by atoms with Crippen molar-refractivity contribution in [1.29, 1.82) is 5.41 Å². The Morgan fingerprint density at radius 2 is 2.22 bits per heavy atom. The topological polar surface area (TPSA) is 165 Å². The summed E-state index contributed by atoms with van der Waals surface area (Å²) in [6, 6.07) is 1.95. The number of thioether (sulfide) groups is 1. The third kappa shape index (κ3) is 14.7. The molecule has 0 unspecified atom stereocenters. The van der Waals surface area contributed by atoms with E-state index in [1.807, 2.05) is 12.3 Å². The molecule has 0 fully saturated rings. The Bertz CT molecular complexity index is 425. The smallest absolute Gasteiger partial charge is 0.370 e. The first-order valence-corrected chi connectivity index (χ1v) is 7.18. The second-order valence-electron chi connectivity index (χ2n) is 2.91. The molecule has 0 radical (unpaired) electrons. The maximum Gasteiger partial charge on any atom is 0.394 e. The van der Waals surface area contributed by atoms with E-state index in [0.717, 1.165) is 23.7 Å². The van der Waals surface area contributed by atoms with Gasteiger partial charge in [0.25, 0.3) is 0 Å². The lowest BCUT2D eigenvalue weighted by molar-refractivity contribution is 0.381. The number of guanidine groups is 1. The van der Waals surface area contributed by atoms with Crippen LogP contribution in [0.25, 0.3) is 0 Å². The molecule has 1 rings (SSSR count). The summed E-state index contributed by atoms with van der Waals surface area (Å²) in [6.45, 7) is 0.727. The van der Waals surface area contributed by atoms with E-state index >= 15 is 0 Å². The van der Waals surface area contributed by atoms with Crippen molar-refractivity contribution >= 4 is 28.1 Å². The molecule has 18 heavy (non-hydrogen) atoms. The molecular weight excluding hydrogens is 282 g/mol. The van der Waals surface area contributed by atoms with E-state index in [-0.39, 0.29) is 5.96 Å². The van der Waals surface area contributed by atoms with Crippen LogP contribution >= 0.6 is 11.8 Å². The summed E-state index contributed by atoms with van der Waals surface area (Å²) in [5, 5.41) is 16.4. The number of hydrogen-bond donors (Lipinski definition) is 6. The molecule has 1 heterocycles. The van der Waals surface area contributed by atoms with Crippen LogP contribution in [0.5, 0.6) is 0 Å². The van der Waals surface area contributed by atoms with E-state index in [1.54, 1.807) is 11.8 Å². The first-order valence-electron chi connectivity index (χ1n) is 4.63. The standard InChI is InChI=1S/C7H13N5S.H2O4S/c8-7(9)10-3-4-13-5-6-1-2-11-12-6;1-5(2,3)4/h1-2H,3-5H2,(H,11,12)(H4,8,9,10);(H2,1,2,3,4). The number of nitrogens with one attached hydrogen (secondary N) is 3. The van der Waals surface area contributed by atoms with Gasteiger partial charge in [-0.05, 0) is 6.07 Å². The van der Waals surface area contributed by atoms with E-state index in [1.165, 1.54) is 0 Å². The Morgan fingerprint density at radius 1 is 1.61 bits per heavy atom. The maximum absolute atomic E-state index is 8.74. The number of nitrogens with zero attached hydrogens (tertiary/aromatic N) is 1. The van der Waals surface area contributed by atoms with Crippen LogP contribution in [0, 0.1) is 5.41 Å². The molecule has 0 aliphatic carbocycles. The van der Waals surface area contributed by atoms with Gasteiger partial charge >= 0.3 is 10.4 Å². The lowest BCUT2D eigenvalue weighted by atomic mass is 10.5. The summed E-state index contributed by atoms with van der Waals surface area (Å²) in [5.74, 6) is 1.84. The zero-order valence-electron chi connectivity index (χ0n) is 9.33. The van der Waals surface area contributed by atoms with Gasteiger partial charge in [-0.1, -0.05) is 0 Å². The molecule has 1 aromatic heterocycles. The number of nitrogens with two attached hydrogens (primary N) is 1. The van der Waals surface area contributed by atoms with E-state index < -0.39 is 10.4 Å². The molecule has 0 saturated heterocycles. The van der Waals surface area contributed by atoms with E-state index in [2.05, 4.69) is 15.5 Å². The highest BCUT2D eigenvalue weighted by Crippen LogP contribution is 2.07. The number of hydrogen-bond acceptors (Lipinski definition) is 5. The van der Waals surface area contributed by atoms with Crippen molar-refractivity contribution in [2.75, 3.05) is 12.3 Å². The van der Waals surface area contributed by atoms with Crippen molar-refractivity contribution in [2.45, 2.75) is 5.75 Å². The van der Waals surface area contributed by atoms with Crippen LogP contribution in [0.1, 0.15) is 5.69 Å². The van der Waals surface area contributed by atoms with Crippen molar-refractivity contribution in [1.82, 2.24) is 15.5 Å². The molecule has 0 aromatic carbocycles. The summed E-state index contributed by atoms with van der Waals surface area (Å²) >= 11 is 1.76. The van der Waals surface area contributed by atoms with E-state index in [0.29, 0.717) is 0 Å². The minimum Gasteiger partial charge on any atom is -0.370 e. The molecule has 7 N–H and O–H groups in total. The van der Waals surface area contributed by atoms with Crippen LogP contribution < -0.4 is 11.1 Å². The van der Waals surface area contributed by atoms with Crippen LogP contribution in [-0.2, 0) is 16.2 Å². The van der Waals surface area contributed by atoms with Crippen molar-refractivity contribution in [2.24, 2.45) is 5.73 Å².